The number of benzene rings is 2. The van der Waals surface area contributed by atoms with Gasteiger partial charge in [-0.25, -0.2) is 14.0 Å². The van der Waals surface area contributed by atoms with Crippen molar-refractivity contribution in [1.82, 2.24) is 0 Å². The van der Waals surface area contributed by atoms with E-state index in [1.54, 1.807) is 30.3 Å². The van der Waals surface area contributed by atoms with Crippen molar-refractivity contribution in [3.05, 3.63) is 71.3 Å². The van der Waals surface area contributed by atoms with Crippen LogP contribution in [0.15, 0.2) is 54.6 Å². The minimum Gasteiger partial charge on any atom is -0.386 e. The van der Waals surface area contributed by atoms with E-state index >= 15 is 0 Å². The first-order chi connectivity index (χ1) is 9.22. The topological polar surface area (TPSA) is 43.4 Å². The highest BCUT2D eigenvalue weighted by Gasteiger charge is 2.17. The van der Waals surface area contributed by atoms with Gasteiger partial charge in [-0.3, -0.25) is 0 Å². The van der Waals surface area contributed by atoms with E-state index in [-0.39, 0.29) is 16.7 Å². The van der Waals surface area contributed by atoms with Crippen LogP contribution in [-0.2, 0) is 11.4 Å². The fourth-order valence-corrected chi connectivity index (χ4v) is 1.61. The molecule has 0 spiro atoms. The number of hydrogen-bond acceptors (Lipinski definition) is 3. The van der Waals surface area contributed by atoms with E-state index in [1.165, 1.54) is 24.3 Å². The molecule has 0 aliphatic rings. The molecule has 0 aliphatic heterocycles. The Bertz CT molecular complexity index is 593. The number of carbonyl (C=O) groups excluding carboxylic acids is 2. The summed E-state index contributed by atoms with van der Waals surface area (Å²) in [6.07, 6.45) is 0. The first kappa shape index (κ1) is 13.0. The van der Waals surface area contributed by atoms with Gasteiger partial charge in [0.05, 0.1) is 11.1 Å². The van der Waals surface area contributed by atoms with Crippen LogP contribution in [-0.4, -0.2) is 11.9 Å². The number of rotatable bonds is 3. The molecule has 0 bridgehead atoms. The second kappa shape index (κ2) is 5.91. The van der Waals surface area contributed by atoms with Crippen LogP contribution in [0.4, 0.5) is 4.39 Å². The fraction of sp³-hybridized carbons (Fsp3) is 0.0667. The van der Waals surface area contributed by atoms with Crippen molar-refractivity contribution < 1.29 is 18.7 Å². The molecular weight excluding hydrogens is 247 g/mol. The quantitative estimate of drug-likeness (QED) is 0.627. The highest BCUT2D eigenvalue weighted by molar-refractivity contribution is 6.03. The molecule has 0 amide bonds. The van der Waals surface area contributed by atoms with Gasteiger partial charge in [0.15, 0.2) is 0 Å². The van der Waals surface area contributed by atoms with Gasteiger partial charge in [-0.2, -0.15) is 0 Å². The zero-order chi connectivity index (χ0) is 13.7. The molecule has 3 nitrogen and oxygen atoms in total. The number of alkyl halides is 1. The summed E-state index contributed by atoms with van der Waals surface area (Å²) in [5.74, 6) is -1.60. The summed E-state index contributed by atoms with van der Waals surface area (Å²) in [6, 6.07) is 14.3. The maximum Gasteiger partial charge on any atom is 0.346 e. The van der Waals surface area contributed by atoms with Gasteiger partial charge in [0, 0.05) is 0 Å². The third-order valence-electron chi connectivity index (χ3n) is 2.58. The lowest BCUT2D eigenvalue weighted by atomic mass is 10.1. The third kappa shape index (κ3) is 3.04. The van der Waals surface area contributed by atoms with Gasteiger partial charge in [-0.1, -0.05) is 36.4 Å². The van der Waals surface area contributed by atoms with E-state index < -0.39 is 18.6 Å². The normalized spacial score (nSPS) is 9.95. The van der Waals surface area contributed by atoms with Gasteiger partial charge in [0.1, 0.15) is 6.67 Å². The molecule has 2 aromatic carbocycles. The number of halogens is 1. The maximum absolute atomic E-state index is 12.7. The summed E-state index contributed by atoms with van der Waals surface area (Å²) in [6.45, 7) is -0.787. The maximum atomic E-state index is 12.7. The average molecular weight is 258 g/mol. The monoisotopic (exact) mass is 258 g/mol. The van der Waals surface area contributed by atoms with Gasteiger partial charge < -0.3 is 4.74 Å². The Balaban J connectivity index is 2.16. The molecule has 0 fully saturated rings. The van der Waals surface area contributed by atoms with E-state index in [2.05, 4.69) is 0 Å². The average Bonchev–Trinajstić information content (AvgIpc) is 2.48. The lowest BCUT2D eigenvalue weighted by molar-refractivity contribution is 0.0396. The van der Waals surface area contributed by atoms with Crippen molar-refractivity contribution in [3.8, 4) is 0 Å². The van der Waals surface area contributed by atoms with E-state index in [4.69, 9.17) is 4.74 Å². The Morgan fingerprint density at radius 1 is 0.895 bits per heavy atom. The van der Waals surface area contributed by atoms with Gasteiger partial charge in [0.2, 0.25) is 0 Å². The number of carbonyl (C=O) groups is 2. The molecule has 2 rings (SSSR count). The fourth-order valence-electron chi connectivity index (χ4n) is 1.61. The standard InChI is InChI=1S/C15H11FO3/c16-10-12-8-4-5-9-13(12)15(18)19-14(17)11-6-2-1-3-7-11/h1-9H,10H2. The first-order valence-corrected chi connectivity index (χ1v) is 5.68. The molecule has 0 saturated heterocycles. The SMILES string of the molecule is O=C(OC(=O)c1ccccc1CF)c1ccccc1. The summed E-state index contributed by atoms with van der Waals surface area (Å²) in [4.78, 5) is 23.5. The van der Waals surface area contributed by atoms with Gasteiger partial charge in [-0.15, -0.1) is 0 Å². The summed E-state index contributed by atoms with van der Waals surface area (Å²) >= 11 is 0. The number of hydrogen-bond donors (Lipinski definition) is 0. The zero-order valence-electron chi connectivity index (χ0n) is 10.0. The lowest BCUT2D eigenvalue weighted by Crippen LogP contribution is -2.14. The molecule has 19 heavy (non-hydrogen) atoms. The lowest BCUT2D eigenvalue weighted by Gasteiger charge is -2.05. The molecule has 0 atom stereocenters. The van der Waals surface area contributed by atoms with Gasteiger partial charge in [0.25, 0.3) is 0 Å². The van der Waals surface area contributed by atoms with Gasteiger partial charge >= 0.3 is 11.9 Å². The first-order valence-electron chi connectivity index (χ1n) is 5.68. The number of ether oxygens (including phenoxy) is 1. The highest BCUT2D eigenvalue weighted by Crippen LogP contribution is 2.13. The van der Waals surface area contributed by atoms with Crippen molar-refractivity contribution in [2.75, 3.05) is 0 Å². The second-order valence-corrected chi connectivity index (χ2v) is 3.83. The zero-order valence-corrected chi connectivity index (χ0v) is 10.0. The van der Waals surface area contributed by atoms with Crippen LogP contribution in [0.3, 0.4) is 0 Å². The predicted octanol–water partition coefficient (Wildman–Crippen LogP) is 3.15. The van der Waals surface area contributed by atoms with E-state index in [1.807, 2.05) is 0 Å². The molecule has 0 N–H and O–H groups in total. The Kier molecular flexibility index (Phi) is 4.03. The minimum atomic E-state index is -0.845. The summed E-state index contributed by atoms with van der Waals surface area (Å²) < 4.78 is 17.4. The van der Waals surface area contributed by atoms with Crippen molar-refractivity contribution in [3.63, 3.8) is 0 Å². The highest BCUT2D eigenvalue weighted by atomic mass is 19.1. The summed E-state index contributed by atoms with van der Waals surface area (Å²) in [5, 5.41) is 0. The molecule has 0 aromatic heterocycles. The number of esters is 2. The van der Waals surface area contributed by atoms with Crippen LogP contribution in [0.5, 0.6) is 0 Å². The molecule has 0 saturated carbocycles. The third-order valence-corrected chi connectivity index (χ3v) is 2.58. The van der Waals surface area contributed by atoms with Crippen molar-refractivity contribution in [1.29, 1.82) is 0 Å². The van der Waals surface area contributed by atoms with Gasteiger partial charge in [-0.05, 0) is 23.8 Å². The molecule has 0 radical (unpaired) electrons. The van der Waals surface area contributed by atoms with Crippen LogP contribution in [0.25, 0.3) is 0 Å². The van der Waals surface area contributed by atoms with E-state index in [0.29, 0.717) is 0 Å². The van der Waals surface area contributed by atoms with Crippen LogP contribution >= 0.6 is 0 Å². The van der Waals surface area contributed by atoms with E-state index in [0.717, 1.165) is 0 Å². The molecule has 0 heterocycles. The summed E-state index contributed by atoms with van der Waals surface area (Å²) in [5.41, 5.74) is 0.538. The van der Waals surface area contributed by atoms with E-state index in [9.17, 15) is 14.0 Å². The van der Waals surface area contributed by atoms with Crippen LogP contribution < -0.4 is 0 Å². The Morgan fingerprint density at radius 3 is 2.21 bits per heavy atom. The van der Waals surface area contributed by atoms with Crippen LogP contribution in [0.1, 0.15) is 26.3 Å². The van der Waals surface area contributed by atoms with Crippen LogP contribution in [0.2, 0.25) is 0 Å². The second-order valence-electron chi connectivity index (χ2n) is 3.83. The predicted molar refractivity (Wildman–Crippen MR) is 67.4 cm³/mol. The Hall–Kier alpha value is -2.49. The summed E-state index contributed by atoms with van der Waals surface area (Å²) in [7, 11) is 0. The largest absolute Gasteiger partial charge is 0.386 e. The van der Waals surface area contributed by atoms with Crippen molar-refractivity contribution >= 4 is 11.9 Å². The minimum absolute atomic E-state index is 0.0641. The smallest absolute Gasteiger partial charge is 0.346 e. The van der Waals surface area contributed by atoms with Crippen molar-refractivity contribution in [2.45, 2.75) is 6.67 Å². The van der Waals surface area contributed by atoms with Crippen LogP contribution in [0, 0.1) is 0 Å². The molecular formula is C15H11FO3. The molecule has 0 unspecified atom stereocenters. The molecule has 4 heteroatoms. The molecule has 2 aromatic rings. The molecule has 0 aliphatic carbocycles. The Labute approximate surface area is 109 Å². The molecule has 96 valence electrons. The Morgan fingerprint density at radius 2 is 1.53 bits per heavy atom. The van der Waals surface area contributed by atoms with Crippen molar-refractivity contribution in [2.24, 2.45) is 0 Å².